The molecule has 4 nitrogen and oxygen atoms in total. The summed E-state index contributed by atoms with van der Waals surface area (Å²) < 4.78 is 4.66. The Morgan fingerprint density at radius 2 is 2.30 bits per heavy atom. The second kappa shape index (κ2) is 2.45. The van der Waals surface area contributed by atoms with Crippen LogP contribution in [-0.4, -0.2) is 11.2 Å². The standard InChI is InChI=1S/C6H6N2O2/c1-4-5(2)8-10-6(4)7-3-9/h1-2H3. The number of nitrogens with zero attached hydrogens (tertiary/aromatic N) is 2. The van der Waals surface area contributed by atoms with E-state index in [1.807, 2.05) is 0 Å². The van der Waals surface area contributed by atoms with Crippen LogP contribution in [0.5, 0.6) is 0 Å². The van der Waals surface area contributed by atoms with Crippen molar-refractivity contribution < 1.29 is 9.32 Å². The van der Waals surface area contributed by atoms with E-state index in [1.54, 1.807) is 13.8 Å². The minimum Gasteiger partial charge on any atom is -0.335 e. The molecule has 0 N–H and O–H groups in total. The summed E-state index contributed by atoms with van der Waals surface area (Å²) in [5.74, 6) is 0.243. The van der Waals surface area contributed by atoms with Crippen molar-refractivity contribution in [1.82, 2.24) is 5.16 Å². The largest absolute Gasteiger partial charge is 0.335 e. The summed E-state index contributed by atoms with van der Waals surface area (Å²) in [5.41, 5.74) is 1.53. The minimum absolute atomic E-state index is 0.243. The van der Waals surface area contributed by atoms with Gasteiger partial charge in [0.1, 0.15) is 0 Å². The molecule has 0 aliphatic heterocycles. The molecule has 0 aromatic carbocycles. The highest BCUT2D eigenvalue weighted by atomic mass is 16.5. The van der Waals surface area contributed by atoms with Gasteiger partial charge in [-0.05, 0) is 13.8 Å². The lowest BCUT2D eigenvalue weighted by molar-refractivity contribution is 0.424. The Morgan fingerprint density at radius 3 is 2.70 bits per heavy atom. The third-order valence-corrected chi connectivity index (χ3v) is 1.28. The minimum atomic E-state index is 0.243. The second-order valence-electron chi connectivity index (χ2n) is 1.90. The third kappa shape index (κ3) is 0.967. The van der Waals surface area contributed by atoms with E-state index in [4.69, 9.17) is 0 Å². The average Bonchev–Trinajstić information content (AvgIpc) is 2.20. The molecule has 1 aromatic heterocycles. The maximum atomic E-state index is 9.76. The number of aromatic nitrogens is 1. The number of aliphatic imine (C=N–C) groups is 1. The Labute approximate surface area is 57.5 Å². The van der Waals surface area contributed by atoms with Crippen LogP contribution < -0.4 is 0 Å². The molecule has 0 saturated carbocycles. The summed E-state index contributed by atoms with van der Waals surface area (Å²) in [5, 5.41) is 3.59. The molecule has 0 radical (unpaired) electrons. The van der Waals surface area contributed by atoms with Gasteiger partial charge in [0.15, 0.2) is 0 Å². The topological polar surface area (TPSA) is 55.5 Å². The van der Waals surface area contributed by atoms with Gasteiger partial charge in [0.2, 0.25) is 6.08 Å². The Kier molecular flexibility index (Phi) is 1.65. The van der Waals surface area contributed by atoms with Gasteiger partial charge >= 0.3 is 0 Å². The summed E-state index contributed by atoms with van der Waals surface area (Å²) in [6, 6.07) is 0. The molecule has 0 fully saturated rings. The van der Waals surface area contributed by atoms with Crippen molar-refractivity contribution in [1.29, 1.82) is 0 Å². The van der Waals surface area contributed by atoms with Gasteiger partial charge in [0, 0.05) is 5.56 Å². The normalized spacial score (nSPS) is 9.00. The van der Waals surface area contributed by atoms with Gasteiger partial charge in [-0.15, -0.1) is 4.99 Å². The molecule has 0 atom stereocenters. The number of carbonyl (C=O) groups excluding carboxylic acids is 1. The van der Waals surface area contributed by atoms with Crippen LogP contribution in [-0.2, 0) is 4.79 Å². The van der Waals surface area contributed by atoms with Crippen LogP contribution in [0.2, 0.25) is 0 Å². The lowest BCUT2D eigenvalue weighted by atomic mass is 10.3. The van der Waals surface area contributed by atoms with Crippen LogP contribution in [0.25, 0.3) is 0 Å². The van der Waals surface area contributed by atoms with E-state index in [-0.39, 0.29) is 5.88 Å². The smallest absolute Gasteiger partial charge is 0.264 e. The zero-order chi connectivity index (χ0) is 7.56. The fourth-order valence-corrected chi connectivity index (χ4v) is 0.549. The zero-order valence-electron chi connectivity index (χ0n) is 5.71. The van der Waals surface area contributed by atoms with Crippen molar-refractivity contribution >= 4 is 12.0 Å². The molecule has 52 valence electrons. The summed E-state index contributed by atoms with van der Waals surface area (Å²) >= 11 is 0. The van der Waals surface area contributed by atoms with Crippen LogP contribution in [0.15, 0.2) is 9.52 Å². The van der Waals surface area contributed by atoms with E-state index in [1.165, 1.54) is 6.08 Å². The average molecular weight is 138 g/mol. The molecule has 0 spiro atoms. The molecule has 0 unspecified atom stereocenters. The van der Waals surface area contributed by atoms with Crippen molar-refractivity contribution in [3.8, 4) is 0 Å². The van der Waals surface area contributed by atoms with E-state index in [9.17, 15) is 4.79 Å². The predicted octanol–water partition coefficient (Wildman–Crippen LogP) is 1.26. The monoisotopic (exact) mass is 138 g/mol. The molecule has 1 rings (SSSR count). The van der Waals surface area contributed by atoms with E-state index < -0.39 is 0 Å². The molecule has 4 heteroatoms. The first kappa shape index (κ1) is 6.71. The third-order valence-electron chi connectivity index (χ3n) is 1.28. The summed E-state index contributed by atoms with van der Waals surface area (Å²) in [7, 11) is 0. The summed E-state index contributed by atoms with van der Waals surface area (Å²) in [4.78, 5) is 13.0. The van der Waals surface area contributed by atoms with E-state index in [0.717, 1.165) is 11.3 Å². The van der Waals surface area contributed by atoms with Crippen LogP contribution in [0, 0.1) is 13.8 Å². The highest BCUT2D eigenvalue weighted by Gasteiger charge is 2.05. The van der Waals surface area contributed by atoms with Crippen LogP contribution in [0.1, 0.15) is 11.3 Å². The van der Waals surface area contributed by atoms with Crippen molar-refractivity contribution in [3.63, 3.8) is 0 Å². The number of aryl methyl sites for hydroxylation is 1. The van der Waals surface area contributed by atoms with E-state index in [2.05, 4.69) is 14.7 Å². The van der Waals surface area contributed by atoms with Gasteiger partial charge in [-0.2, -0.15) is 0 Å². The van der Waals surface area contributed by atoms with Gasteiger partial charge in [0.25, 0.3) is 5.88 Å². The number of rotatable bonds is 1. The SMILES string of the molecule is Cc1noc(N=C=O)c1C. The highest BCUT2D eigenvalue weighted by molar-refractivity contribution is 5.47. The first-order valence-corrected chi connectivity index (χ1v) is 2.76. The Hall–Kier alpha value is -1.41. The van der Waals surface area contributed by atoms with Gasteiger partial charge in [-0.3, -0.25) is 0 Å². The fraction of sp³-hybridized carbons (Fsp3) is 0.333. The second-order valence-corrected chi connectivity index (χ2v) is 1.90. The molecular formula is C6H6N2O2. The van der Waals surface area contributed by atoms with Gasteiger partial charge in [0.05, 0.1) is 5.69 Å². The summed E-state index contributed by atoms with van der Waals surface area (Å²) in [6.07, 6.45) is 1.38. The van der Waals surface area contributed by atoms with Crippen molar-refractivity contribution in [2.45, 2.75) is 13.8 Å². The maximum Gasteiger partial charge on any atom is 0.264 e. The number of isocyanates is 1. The van der Waals surface area contributed by atoms with E-state index in [0.29, 0.717) is 0 Å². The molecule has 0 aliphatic carbocycles. The van der Waals surface area contributed by atoms with Crippen LogP contribution >= 0.6 is 0 Å². The zero-order valence-corrected chi connectivity index (χ0v) is 5.71. The summed E-state index contributed by atoms with van der Waals surface area (Å²) in [6.45, 7) is 3.56. The van der Waals surface area contributed by atoms with Crippen molar-refractivity contribution in [2.24, 2.45) is 4.99 Å². The molecule has 0 bridgehead atoms. The molecular weight excluding hydrogens is 132 g/mol. The molecule has 0 amide bonds. The first-order valence-electron chi connectivity index (χ1n) is 2.76. The maximum absolute atomic E-state index is 9.76. The van der Waals surface area contributed by atoms with Crippen molar-refractivity contribution in [2.75, 3.05) is 0 Å². The fourth-order valence-electron chi connectivity index (χ4n) is 0.549. The van der Waals surface area contributed by atoms with Crippen LogP contribution in [0.4, 0.5) is 5.88 Å². The highest BCUT2D eigenvalue weighted by Crippen LogP contribution is 2.19. The lowest BCUT2D eigenvalue weighted by Crippen LogP contribution is -1.71. The number of hydrogen-bond donors (Lipinski definition) is 0. The molecule has 1 heterocycles. The molecule has 0 aliphatic rings. The van der Waals surface area contributed by atoms with Gasteiger partial charge in [-0.1, -0.05) is 5.16 Å². The Bertz CT molecular complexity index is 284. The predicted molar refractivity (Wildman–Crippen MR) is 33.8 cm³/mol. The number of hydrogen-bond acceptors (Lipinski definition) is 4. The quantitative estimate of drug-likeness (QED) is 0.433. The van der Waals surface area contributed by atoms with Crippen LogP contribution in [0.3, 0.4) is 0 Å². The Morgan fingerprint density at radius 1 is 1.60 bits per heavy atom. The molecule has 1 aromatic rings. The van der Waals surface area contributed by atoms with Crippen molar-refractivity contribution in [3.05, 3.63) is 11.3 Å². The van der Waals surface area contributed by atoms with Gasteiger partial charge < -0.3 is 4.52 Å². The lowest BCUT2D eigenvalue weighted by Gasteiger charge is -1.80. The Balaban J connectivity index is 3.17. The first-order chi connectivity index (χ1) is 4.75. The molecule has 0 saturated heterocycles. The van der Waals surface area contributed by atoms with Gasteiger partial charge in [-0.25, -0.2) is 4.79 Å². The molecule has 10 heavy (non-hydrogen) atoms. The van der Waals surface area contributed by atoms with E-state index >= 15 is 0 Å².